The van der Waals surface area contributed by atoms with Crippen LogP contribution in [0.1, 0.15) is 30.1 Å². The van der Waals surface area contributed by atoms with E-state index in [0.717, 1.165) is 24.9 Å². The van der Waals surface area contributed by atoms with Gasteiger partial charge in [-0.15, -0.1) is 0 Å². The smallest absolute Gasteiger partial charge is 0.328 e. The molecule has 29 heavy (non-hydrogen) atoms. The summed E-state index contributed by atoms with van der Waals surface area (Å²) in [6.07, 6.45) is 5.03. The van der Waals surface area contributed by atoms with Crippen LogP contribution in [0.2, 0.25) is 5.02 Å². The van der Waals surface area contributed by atoms with Crippen molar-refractivity contribution in [3.8, 4) is 0 Å². The molecule has 1 aliphatic heterocycles. The Balaban J connectivity index is 0.000000321. The number of likely N-dealkylation sites (tertiary alicyclic amines) is 1. The van der Waals surface area contributed by atoms with Crippen LogP contribution < -0.4 is 5.32 Å². The van der Waals surface area contributed by atoms with Gasteiger partial charge in [0.1, 0.15) is 5.58 Å². The Morgan fingerprint density at radius 2 is 1.97 bits per heavy atom. The van der Waals surface area contributed by atoms with Gasteiger partial charge in [-0.2, -0.15) is 0 Å². The zero-order valence-electron chi connectivity index (χ0n) is 15.9. The summed E-state index contributed by atoms with van der Waals surface area (Å²) in [5.41, 5.74) is 1.10. The molecule has 1 atom stereocenters. The normalized spacial score (nSPS) is 16.6. The molecule has 3 N–H and O–H groups in total. The van der Waals surface area contributed by atoms with Gasteiger partial charge in [-0.05, 0) is 44.1 Å². The monoisotopic (exact) mass is 422 g/mol. The zero-order valence-corrected chi connectivity index (χ0v) is 16.7. The third kappa shape index (κ3) is 6.62. The van der Waals surface area contributed by atoms with Crippen molar-refractivity contribution in [2.45, 2.75) is 25.8 Å². The van der Waals surface area contributed by atoms with Crippen molar-refractivity contribution in [1.82, 2.24) is 10.2 Å². The molecular weight excluding hydrogens is 400 g/mol. The molecule has 0 saturated carbocycles. The van der Waals surface area contributed by atoms with Crippen LogP contribution >= 0.6 is 11.6 Å². The molecule has 8 nitrogen and oxygen atoms in total. The summed E-state index contributed by atoms with van der Waals surface area (Å²) in [6, 6.07) is 5.71. The summed E-state index contributed by atoms with van der Waals surface area (Å²) >= 11 is 6.07. The number of halogens is 1. The minimum atomic E-state index is -1.26. The molecule has 1 aromatic heterocycles. The Bertz CT molecular complexity index is 892. The van der Waals surface area contributed by atoms with Crippen LogP contribution in [0.3, 0.4) is 0 Å². The molecule has 3 rings (SSSR count). The van der Waals surface area contributed by atoms with E-state index in [1.807, 2.05) is 6.07 Å². The zero-order chi connectivity index (χ0) is 21.4. The first-order valence-electron chi connectivity index (χ1n) is 9.14. The minimum Gasteiger partial charge on any atom is -0.478 e. The first kappa shape index (κ1) is 22.4. The van der Waals surface area contributed by atoms with Gasteiger partial charge < -0.3 is 19.9 Å². The van der Waals surface area contributed by atoms with E-state index in [0.29, 0.717) is 40.9 Å². The van der Waals surface area contributed by atoms with Crippen LogP contribution in [0, 0.1) is 0 Å². The van der Waals surface area contributed by atoms with E-state index in [9.17, 15) is 14.4 Å². The highest BCUT2D eigenvalue weighted by Gasteiger charge is 2.24. The summed E-state index contributed by atoms with van der Waals surface area (Å²) in [5, 5.41) is 20.0. The number of nitrogens with zero attached hydrogens (tertiary/aromatic N) is 1. The summed E-state index contributed by atoms with van der Waals surface area (Å²) < 4.78 is 5.41. The molecule has 1 aliphatic rings. The van der Waals surface area contributed by atoms with Crippen LogP contribution in [0.5, 0.6) is 0 Å². The predicted octanol–water partition coefficient (Wildman–Crippen LogP) is 3.01. The van der Waals surface area contributed by atoms with Gasteiger partial charge in [-0.3, -0.25) is 9.69 Å². The van der Waals surface area contributed by atoms with E-state index < -0.39 is 11.9 Å². The van der Waals surface area contributed by atoms with Gasteiger partial charge in [0, 0.05) is 35.1 Å². The van der Waals surface area contributed by atoms with Crippen LogP contribution in [0.25, 0.3) is 11.0 Å². The average molecular weight is 423 g/mol. The summed E-state index contributed by atoms with van der Waals surface area (Å²) in [7, 11) is 0. The first-order valence-corrected chi connectivity index (χ1v) is 9.52. The number of aliphatic carboxylic acids is 2. The van der Waals surface area contributed by atoms with Crippen LogP contribution in [-0.2, 0) is 9.59 Å². The third-order valence-electron chi connectivity index (χ3n) is 4.53. The highest BCUT2D eigenvalue weighted by Crippen LogP contribution is 2.25. The van der Waals surface area contributed by atoms with E-state index in [4.69, 9.17) is 26.2 Å². The summed E-state index contributed by atoms with van der Waals surface area (Å²) in [6.45, 7) is 4.97. The van der Waals surface area contributed by atoms with E-state index in [-0.39, 0.29) is 5.91 Å². The maximum atomic E-state index is 12.4. The molecule has 2 aromatic rings. The molecule has 1 fully saturated rings. The van der Waals surface area contributed by atoms with Gasteiger partial charge >= 0.3 is 11.9 Å². The van der Waals surface area contributed by atoms with E-state index in [1.54, 1.807) is 18.4 Å². The molecular formula is C20H23ClN2O6. The minimum absolute atomic E-state index is 0.125. The van der Waals surface area contributed by atoms with Crippen LogP contribution in [0.4, 0.5) is 0 Å². The maximum absolute atomic E-state index is 12.4. The Kier molecular flexibility index (Phi) is 8.23. The quantitative estimate of drug-likeness (QED) is 0.612. The largest absolute Gasteiger partial charge is 0.478 e. The molecule has 1 saturated heterocycles. The number of nitrogens with one attached hydrogen (secondary N) is 1. The molecule has 9 heteroatoms. The van der Waals surface area contributed by atoms with Crippen molar-refractivity contribution < 1.29 is 29.0 Å². The van der Waals surface area contributed by atoms with E-state index in [2.05, 4.69) is 17.1 Å². The fraction of sp³-hybridized carbons (Fsp3) is 0.350. The SMILES string of the molecule is CCN1CCCC1CNC(=O)c1cc(Cl)cc2ccoc12.O=C(O)C=CC(=O)O. The Labute approximate surface area is 172 Å². The molecule has 2 heterocycles. The number of benzene rings is 1. The van der Waals surface area contributed by atoms with Crippen molar-refractivity contribution in [3.63, 3.8) is 0 Å². The van der Waals surface area contributed by atoms with E-state index in [1.165, 1.54) is 6.42 Å². The van der Waals surface area contributed by atoms with E-state index >= 15 is 0 Å². The molecule has 1 aromatic carbocycles. The first-order chi connectivity index (χ1) is 13.8. The van der Waals surface area contributed by atoms with Gasteiger partial charge in [0.25, 0.3) is 5.91 Å². The van der Waals surface area contributed by atoms with Crippen molar-refractivity contribution in [1.29, 1.82) is 0 Å². The highest BCUT2D eigenvalue weighted by atomic mass is 35.5. The average Bonchev–Trinajstić information content (AvgIpc) is 3.32. The lowest BCUT2D eigenvalue weighted by molar-refractivity contribution is -0.134. The second kappa shape index (κ2) is 10.6. The van der Waals surface area contributed by atoms with Crippen LogP contribution in [0.15, 0.2) is 41.0 Å². The molecule has 1 unspecified atom stereocenters. The van der Waals surface area contributed by atoms with Crippen LogP contribution in [-0.4, -0.2) is 58.6 Å². The lowest BCUT2D eigenvalue weighted by Gasteiger charge is -2.22. The number of carbonyl (C=O) groups excluding carboxylic acids is 1. The lowest BCUT2D eigenvalue weighted by atomic mass is 10.1. The van der Waals surface area contributed by atoms with Gasteiger partial charge in [0.2, 0.25) is 0 Å². The lowest BCUT2D eigenvalue weighted by Crippen LogP contribution is -2.40. The second-order valence-electron chi connectivity index (χ2n) is 6.44. The number of amides is 1. The van der Waals surface area contributed by atoms with Gasteiger partial charge in [-0.25, -0.2) is 9.59 Å². The van der Waals surface area contributed by atoms with Crippen molar-refractivity contribution in [2.24, 2.45) is 0 Å². The topological polar surface area (TPSA) is 120 Å². The maximum Gasteiger partial charge on any atom is 0.328 e. The summed E-state index contributed by atoms with van der Waals surface area (Å²) in [5.74, 6) is -2.64. The summed E-state index contributed by atoms with van der Waals surface area (Å²) in [4.78, 5) is 33.9. The Morgan fingerprint density at radius 1 is 1.28 bits per heavy atom. The van der Waals surface area contributed by atoms with Crippen molar-refractivity contribution in [2.75, 3.05) is 19.6 Å². The third-order valence-corrected chi connectivity index (χ3v) is 4.75. The number of hydrogen-bond donors (Lipinski definition) is 3. The molecule has 1 amide bonds. The van der Waals surface area contributed by atoms with Gasteiger partial charge in [0.05, 0.1) is 11.8 Å². The Morgan fingerprint density at radius 3 is 2.59 bits per heavy atom. The number of likely N-dealkylation sites (N-methyl/N-ethyl adjacent to an activating group) is 1. The van der Waals surface area contributed by atoms with Gasteiger partial charge in [0.15, 0.2) is 0 Å². The van der Waals surface area contributed by atoms with Gasteiger partial charge in [-0.1, -0.05) is 18.5 Å². The van der Waals surface area contributed by atoms with Crippen molar-refractivity contribution >= 4 is 40.4 Å². The second-order valence-corrected chi connectivity index (χ2v) is 6.87. The molecule has 0 spiro atoms. The number of carbonyl (C=O) groups is 3. The molecule has 0 bridgehead atoms. The number of rotatable bonds is 6. The molecule has 156 valence electrons. The number of carboxylic acids is 2. The standard InChI is InChI=1S/C16H19ClN2O2.C4H4O4/c1-2-19-6-3-4-13(19)10-18-16(20)14-9-12(17)8-11-5-7-21-15(11)14;5-3(6)1-2-4(7)8/h5,7-9,13H,2-4,6,10H2,1H3,(H,18,20);1-2H,(H,5,6)(H,7,8). The van der Waals surface area contributed by atoms with Crippen molar-refractivity contribution in [3.05, 3.63) is 47.2 Å². The number of carboxylic acid groups (broad SMARTS) is 2. The Hall–Kier alpha value is -2.84. The number of fused-ring (bicyclic) bond motifs is 1. The number of hydrogen-bond acceptors (Lipinski definition) is 5. The number of furan rings is 1. The highest BCUT2D eigenvalue weighted by molar-refractivity contribution is 6.32. The fourth-order valence-corrected chi connectivity index (χ4v) is 3.43. The molecule has 0 aliphatic carbocycles. The fourth-order valence-electron chi connectivity index (χ4n) is 3.20. The molecule has 0 radical (unpaired) electrons. The predicted molar refractivity (Wildman–Crippen MR) is 108 cm³/mol.